The Kier molecular flexibility index (Phi) is 9.45. The average molecular weight is 493 g/mol. The molecule has 184 valence electrons. The topological polar surface area (TPSA) is 210 Å². The Morgan fingerprint density at radius 2 is 1.65 bits per heavy atom. The van der Waals surface area contributed by atoms with Gasteiger partial charge in [-0.05, 0) is 18.6 Å². The van der Waals surface area contributed by atoms with Crippen LogP contribution in [0.3, 0.4) is 0 Å². The van der Waals surface area contributed by atoms with Gasteiger partial charge in [0, 0.05) is 29.3 Å². The molecule has 0 aliphatic rings. The Morgan fingerprint density at radius 3 is 2.26 bits per heavy atom. The average Bonchev–Trinajstić information content (AvgIpc) is 3.18. The van der Waals surface area contributed by atoms with Crippen molar-refractivity contribution in [1.29, 1.82) is 0 Å². The number of nitrogens with two attached hydrogens (primary N) is 2. The van der Waals surface area contributed by atoms with E-state index in [1.54, 1.807) is 6.20 Å². The van der Waals surface area contributed by atoms with E-state index in [4.69, 9.17) is 16.6 Å². The monoisotopic (exact) mass is 492 g/mol. The van der Waals surface area contributed by atoms with Crippen LogP contribution in [0.2, 0.25) is 0 Å². The number of carbonyl (C=O) groups excluding carboxylic acids is 4. The van der Waals surface area contributed by atoms with Gasteiger partial charge < -0.3 is 37.5 Å². The van der Waals surface area contributed by atoms with Crippen molar-refractivity contribution in [2.45, 2.75) is 43.9 Å². The van der Waals surface area contributed by atoms with Gasteiger partial charge in [0.05, 0.1) is 12.5 Å². The number of hydrogen-bond donors (Lipinski definition) is 8. The molecule has 4 unspecified atom stereocenters. The zero-order valence-corrected chi connectivity index (χ0v) is 19.3. The quantitative estimate of drug-likeness (QED) is 0.163. The van der Waals surface area contributed by atoms with Crippen molar-refractivity contribution in [3.05, 3.63) is 36.0 Å². The van der Waals surface area contributed by atoms with Crippen molar-refractivity contribution in [2.75, 3.05) is 5.75 Å². The SMILES string of the molecule is CC(NC(=O)C(Cc1c[nH]c2ccccc12)NC(=O)C(CS)NC(=O)C(N)CC(N)=O)C(=O)O. The summed E-state index contributed by atoms with van der Waals surface area (Å²) in [7, 11) is 0. The minimum Gasteiger partial charge on any atom is -0.480 e. The Hall–Kier alpha value is -3.58. The van der Waals surface area contributed by atoms with Crippen LogP contribution in [0.1, 0.15) is 18.9 Å². The first kappa shape index (κ1) is 26.7. The zero-order chi connectivity index (χ0) is 25.4. The molecule has 0 spiro atoms. The predicted octanol–water partition coefficient (Wildman–Crippen LogP) is -1.60. The van der Waals surface area contributed by atoms with Gasteiger partial charge >= 0.3 is 5.97 Å². The third-order valence-corrected chi connectivity index (χ3v) is 5.40. The lowest BCUT2D eigenvalue weighted by atomic mass is 10.0. The van der Waals surface area contributed by atoms with Gasteiger partial charge in [-0.2, -0.15) is 12.6 Å². The zero-order valence-electron chi connectivity index (χ0n) is 18.4. The number of hydrogen-bond acceptors (Lipinski definition) is 7. The smallest absolute Gasteiger partial charge is 0.325 e. The molecule has 2 aromatic rings. The standard InChI is InChI=1S/C21H28N6O6S/c1-10(21(32)33)25-19(30)15(6-11-8-24-14-5-3-2-4-12(11)14)26-20(31)16(9-34)27-18(29)13(22)7-17(23)28/h2-5,8,10,13,15-16,24,34H,6-7,9,22H2,1H3,(H2,23,28)(H,25,30)(H,26,31)(H,27,29)(H,32,33). The maximum Gasteiger partial charge on any atom is 0.325 e. The highest BCUT2D eigenvalue weighted by atomic mass is 32.1. The Labute approximate surface area is 200 Å². The molecule has 1 heterocycles. The number of thiol groups is 1. The number of amides is 4. The van der Waals surface area contributed by atoms with E-state index in [2.05, 4.69) is 33.6 Å². The summed E-state index contributed by atoms with van der Waals surface area (Å²) in [6.45, 7) is 1.29. The lowest BCUT2D eigenvalue weighted by Crippen LogP contribution is -2.58. The van der Waals surface area contributed by atoms with Gasteiger partial charge in [0.1, 0.15) is 18.1 Å². The van der Waals surface area contributed by atoms with Gasteiger partial charge in [0.15, 0.2) is 0 Å². The summed E-state index contributed by atoms with van der Waals surface area (Å²) in [5.41, 5.74) is 12.2. The van der Waals surface area contributed by atoms with Crippen LogP contribution in [0.5, 0.6) is 0 Å². The van der Waals surface area contributed by atoms with E-state index in [9.17, 15) is 24.0 Å². The number of para-hydroxylation sites is 1. The summed E-state index contributed by atoms with van der Waals surface area (Å²) in [6, 6.07) is 2.57. The number of aliphatic carboxylic acids is 1. The van der Waals surface area contributed by atoms with E-state index in [0.717, 1.165) is 10.9 Å². The van der Waals surface area contributed by atoms with E-state index < -0.39 is 60.2 Å². The Bertz CT molecular complexity index is 1070. The second-order valence-corrected chi connectivity index (χ2v) is 8.08. The first-order chi connectivity index (χ1) is 16.0. The van der Waals surface area contributed by atoms with Gasteiger partial charge in [-0.15, -0.1) is 0 Å². The summed E-state index contributed by atoms with van der Waals surface area (Å²) < 4.78 is 0. The highest BCUT2D eigenvalue weighted by Crippen LogP contribution is 2.19. The van der Waals surface area contributed by atoms with E-state index in [1.165, 1.54) is 6.92 Å². The van der Waals surface area contributed by atoms with E-state index in [-0.39, 0.29) is 12.2 Å². The van der Waals surface area contributed by atoms with Crippen LogP contribution >= 0.6 is 12.6 Å². The highest BCUT2D eigenvalue weighted by molar-refractivity contribution is 7.80. The summed E-state index contributed by atoms with van der Waals surface area (Å²) in [5.74, 6) is -4.40. The van der Waals surface area contributed by atoms with Crippen LogP contribution < -0.4 is 27.4 Å². The molecule has 0 bridgehead atoms. The number of carboxylic acids is 1. The largest absolute Gasteiger partial charge is 0.480 e. The third kappa shape index (κ3) is 7.22. The second kappa shape index (κ2) is 12.0. The van der Waals surface area contributed by atoms with Crippen LogP contribution in [-0.4, -0.2) is 69.6 Å². The van der Waals surface area contributed by atoms with Crippen LogP contribution in [0, 0.1) is 0 Å². The highest BCUT2D eigenvalue weighted by Gasteiger charge is 2.29. The van der Waals surface area contributed by atoms with E-state index in [0.29, 0.717) is 5.56 Å². The third-order valence-electron chi connectivity index (χ3n) is 5.03. The van der Waals surface area contributed by atoms with Gasteiger partial charge in [-0.1, -0.05) is 18.2 Å². The molecule has 1 aromatic heterocycles. The first-order valence-electron chi connectivity index (χ1n) is 10.4. The number of aromatic amines is 1. The van der Waals surface area contributed by atoms with Gasteiger partial charge in [0.2, 0.25) is 23.6 Å². The van der Waals surface area contributed by atoms with Crippen molar-refractivity contribution in [2.24, 2.45) is 11.5 Å². The molecule has 12 nitrogen and oxygen atoms in total. The lowest BCUT2D eigenvalue weighted by Gasteiger charge is -2.24. The van der Waals surface area contributed by atoms with Gasteiger partial charge in [0.25, 0.3) is 0 Å². The Morgan fingerprint density at radius 1 is 1.03 bits per heavy atom. The fraction of sp³-hybridized carbons (Fsp3) is 0.381. The molecule has 1 aromatic carbocycles. The lowest BCUT2D eigenvalue weighted by molar-refractivity contribution is -0.141. The van der Waals surface area contributed by atoms with E-state index >= 15 is 0 Å². The second-order valence-electron chi connectivity index (χ2n) is 7.71. The minimum absolute atomic E-state index is 0.0440. The normalized spacial score (nSPS) is 14.4. The van der Waals surface area contributed by atoms with Crippen LogP contribution in [0.4, 0.5) is 0 Å². The van der Waals surface area contributed by atoms with Gasteiger partial charge in [-0.25, -0.2) is 0 Å². The molecular weight excluding hydrogens is 464 g/mol. The number of H-pyrrole nitrogens is 1. The molecule has 13 heteroatoms. The number of rotatable bonds is 12. The van der Waals surface area contributed by atoms with Crippen LogP contribution in [0.15, 0.2) is 30.5 Å². The number of aromatic nitrogens is 1. The predicted molar refractivity (Wildman–Crippen MR) is 127 cm³/mol. The molecule has 0 radical (unpaired) electrons. The van der Waals surface area contributed by atoms with Crippen molar-refractivity contribution in [3.8, 4) is 0 Å². The molecular formula is C21H28N6O6S. The minimum atomic E-state index is -1.26. The maximum absolute atomic E-state index is 12.9. The summed E-state index contributed by atoms with van der Waals surface area (Å²) in [4.78, 5) is 63.1. The molecule has 4 atom stereocenters. The van der Waals surface area contributed by atoms with Crippen molar-refractivity contribution in [1.82, 2.24) is 20.9 Å². The number of primary amides is 1. The summed E-state index contributed by atoms with van der Waals surface area (Å²) >= 11 is 4.07. The summed E-state index contributed by atoms with van der Waals surface area (Å²) in [5, 5.41) is 17.2. The molecule has 4 amide bonds. The summed E-state index contributed by atoms with van der Waals surface area (Å²) in [6.07, 6.45) is 1.33. The molecule has 9 N–H and O–H groups in total. The van der Waals surface area contributed by atoms with E-state index in [1.807, 2.05) is 24.3 Å². The Balaban J connectivity index is 2.20. The molecule has 34 heavy (non-hydrogen) atoms. The molecule has 0 saturated carbocycles. The van der Waals surface area contributed by atoms with Crippen LogP contribution in [-0.2, 0) is 30.4 Å². The number of fused-ring (bicyclic) bond motifs is 1. The first-order valence-corrected chi connectivity index (χ1v) is 11.0. The molecule has 0 aliphatic heterocycles. The molecule has 0 saturated heterocycles. The molecule has 0 aliphatic carbocycles. The van der Waals surface area contributed by atoms with Crippen molar-refractivity contribution < 1.29 is 29.1 Å². The number of nitrogens with one attached hydrogen (secondary N) is 4. The van der Waals surface area contributed by atoms with Gasteiger partial charge in [-0.3, -0.25) is 24.0 Å². The number of carbonyl (C=O) groups is 5. The fourth-order valence-electron chi connectivity index (χ4n) is 3.16. The number of benzene rings is 1. The molecule has 2 rings (SSSR count). The molecule has 0 fully saturated rings. The van der Waals surface area contributed by atoms with Crippen molar-refractivity contribution in [3.63, 3.8) is 0 Å². The van der Waals surface area contributed by atoms with Crippen LogP contribution in [0.25, 0.3) is 10.9 Å². The number of carboxylic acid groups (broad SMARTS) is 1. The fourth-order valence-corrected chi connectivity index (χ4v) is 3.42. The van der Waals surface area contributed by atoms with Crippen molar-refractivity contribution >= 4 is 53.1 Å². The maximum atomic E-state index is 12.9.